The van der Waals surface area contributed by atoms with Crippen LogP contribution in [0.4, 0.5) is 4.79 Å². The number of hydrogen-bond donors (Lipinski definition) is 3. The van der Waals surface area contributed by atoms with E-state index in [1.807, 2.05) is 84.9 Å². The first-order valence-electron chi connectivity index (χ1n) is 19.6. The van der Waals surface area contributed by atoms with Gasteiger partial charge in [0.25, 0.3) is 0 Å². The number of methoxy groups -OCH3 is 1. The van der Waals surface area contributed by atoms with Gasteiger partial charge in [-0.15, -0.1) is 0 Å². The maximum atomic E-state index is 13.9. The summed E-state index contributed by atoms with van der Waals surface area (Å²) in [7, 11) is 1.55. The summed E-state index contributed by atoms with van der Waals surface area (Å²) >= 11 is 0. The lowest BCUT2D eigenvalue weighted by molar-refractivity contribution is -0.141. The fraction of sp³-hybridized carbons (Fsp3) is 0.370. The zero-order valence-corrected chi connectivity index (χ0v) is 33.3. The number of carboxylic acid groups (broad SMARTS) is 1. The summed E-state index contributed by atoms with van der Waals surface area (Å²) in [5.74, 6) is -0.633. The highest BCUT2D eigenvalue weighted by molar-refractivity contribution is 5.98. The molecule has 4 aromatic rings. The van der Waals surface area contributed by atoms with Crippen LogP contribution in [0.25, 0.3) is 0 Å². The molecule has 11 nitrogen and oxygen atoms in total. The van der Waals surface area contributed by atoms with E-state index in [4.69, 9.17) is 4.74 Å². The predicted octanol–water partition coefficient (Wildman–Crippen LogP) is 6.99. The fourth-order valence-corrected chi connectivity index (χ4v) is 7.48. The normalized spacial score (nSPS) is 14.3. The van der Waals surface area contributed by atoms with Crippen molar-refractivity contribution in [2.24, 2.45) is 0 Å². The number of ketones is 1. The topological polar surface area (TPSA) is 145 Å². The van der Waals surface area contributed by atoms with Crippen molar-refractivity contribution in [2.45, 2.75) is 89.4 Å². The van der Waals surface area contributed by atoms with Crippen molar-refractivity contribution in [1.29, 1.82) is 0 Å². The largest absolute Gasteiger partial charge is 0.497 e. The molecule has 1 heterocycles. The molecule has 0 spiro atoms. The van der Waals surface area contributed by atoms with Crippen molar-refractivity contribution in [3.05, 3.63) is 137 Å². The molecule has 0 saturated heterocycles. The van der Waals surface area contributed by atoms with Crippen LogP contribution in [-0.4, -0.2) is 82.3 Å². The third kappa shape index (κ3) is 11.3. The summed E-state index contributed by atoms with van der Waals surface area (Å²) in [5.41, 5.74) is 3.65. The van der Waals surface area contributed by atoms with E-state index in [-0.39, 0.29) is 68.3 Å². The minimum Gasteiger partial charge on any atom is -0.497 e. The van der Waals surface area contributed by atoms with Crippen LogP contribution < -0.4 is 15.4 Å². The maximum absolute atomic E-state index is 13.9. The van der Waals surface area contributed by atoms with Gasteiger partial charge in [0.1, 0.15) is 17.8 Å². The number of rotatable bonds is 17. The lowest BCUT2D eigenvalue weighted by Gasteiger charge is -2.39. The van der Waals surface area contributed by atoms with E-state index < -0.39 is 23.7 Å². The van der Waals surface area contributed by atoms with Gasteiger partial charge in [0.15, 0.2) is 5.78 Å². The molecule has 2 unspecified atom stereocenters. The van der Waals surface area contributed by atoms with Gasteiger partial charge in [-0.2, -0.15) is 0 Å². The van der Waals surface area contributed by atoms with Crippen LogP contribution in [0.15, 0.2) is 109 Å². The number of unbranched alkanes of at least 4 members (excludes halogenated alkanes) is 1. The standard InChI is InChI=1S/C46H54N4O7/c1-46(2,3)50(45(55)56)39(43(53)48-30-38(32-15-7-5-8-16-32)33-17-9-6-10-18-33)21-13-14-28-47-44(54)40-29-35-19-11-12-20-36(35)31-49(40)42(52)27-26-41(51)34-22-24-37(57-4)25-23-34/h5-12,15-20,22-25,38-40H,13-14,21,26-31H2,1-4H3,(H,47,54)(H,48,53)(H,55,56). The molecule has 3 N–H and O–H groups in total. The first-order chi connectivity index (χ1) is 27.4. The van der Waals surface area contributed by atoms with E-state index in [0.29, 0.717) is 30.6 Å². The van der Waals surface area contributed by atoms with Gasteiger partial charge in [-0.3, -0.25) is 24.1 Å². The van der Waals surface area contributed by atoms with Crippen molar-refractivity contribution in [3.63, 3.8) is 0 Å². The minimum atomic E-state index is -1.19. The minimum absolute atomic E-state index is 0.00743. The number of benzene rings is 4. The summed E-state index contributed by atoms with van der Waals surface area (Å²) in [6, 6.07) is 32.5. The zero-order valence-electron chi connectivity index (χ0n) is 33.3. The number of nitrogens with zero attached hydrogens (tertiary/aromatic N) is 2. The molecule has 300 valence electrons. The second-order valence-corrected chi connectivity index (χ2v) is 15.4. The molecule has 0 aromatic heterocycles. The lowest BCUT2D eigenvalue weighted by Crippen LogP contribution is -2.57. The van der Waals surface area contributed by atoms with Gasteiger partial charge in [0.05, 0.1) is 7.11 Å². The second-order valence-electron chi connectivity index (χ2n) is 15.4. The number of carbonyl (C=O) groups excluding carboxylic acids is 4. The molecule has 0 aliphatic carbocycles. The average Bonchev–Trinajstić information content (AvgIpc) is 3.21. The predicted molar refractivity (Wildman–Crippen MR) is 219 cm³/mol. The summed E-state index contributed by atoms with van der Waals surface area (Å²) < 4.78 is 5.17. The Morgan fingerprint density at radius 2 is 1.39 bits per heavy atom. The Hall–Kier alpha value is -5.97. The smallest absolute Gasteiger partial charge is 0.408 e. The average molecular weight is 775 g/mol. The highest BCUT2D eigenvalue weighted by atomic mass is 16.5. The van der Waals surface area contributed by atoms with Crippen LogP contribution in [0.3, 0.4) is 0 Å². The molecule has 4 aromatic carbocycles. The molecule has 0 radical (unpaired) electrons. The molecule has 5 rings (SSSR count). The highest BCUT2D eigenvalue weighted by Gasteiger charge is 2.38. The molecule has 4 amide bonds. The Balaban J connectivity index is 1.21. The quantitative estimate of drug-likeness (QED) is 0.0775. The van der Waals surface area contributed by atoms with Crippen molar-refractivity contribution in [3.8, 4) is 5.75 Å². The summed E-state index contributed by atoms with van der Waals surface area (Å²) in [4.78, 5) is 69.6. The van der Waals surface area contributed by atoms with E-state index in [2.05, 4.69) is 10.6 Å². The fourth-order valence-electron chi connectivity index (χ4n) is 7.48. The van der Waals surface area contributed by atoms with Gasteiger partial charge >= 0.3 is 6.09 Å². The van der Waals surface area contributed by atoms with Gasteiger partial charge < -0.3 is 25.4 Å². The van der Waals surface area contributed by atoms with Crippen molar-refractivity contribution < 1.29 is 33.8 Å². The zero-order chi connectivity index (χ0) is 41.0. The molecular weight excluding hydrogens is 721 g/mol. The molecule has 0 saturated carbocycles. The summed E-state index contributed by atoms with van der Waals surface area (Å²) in [5, 5.41) is 16.4. The SMILES string of the molecule is COc1ccc(C(=O)CCC(=O)N2Cc3ccccc3CC2C(=O)NCCCCC(C(=O)NCC(c2ccccc2)c2ccccc2)N(C(=O)O)C(C)(C)C)cc1. The molecule has 11 heteroatoms. The van der Waals surface area contributed by atoms with Crippen LogP contribution in [0.2, 0.25) is 0 Å². The van der Waals surface area contributed by atoms with E-state index in [1.54, 1.807) is 57.0 Å². The Morgan fingerprint density at radius 1 is 0.789 bits per heavy atom. The first kappa shape index (κ1) is 42.2. The lowest BCUT2D eigenvalue weighted by atomic mass is 9.91. The van der Waals surface area contributed by atoms with Crippen LogP contribution in [-0.2, 0) is 27.3 Å². The Labute approximate surface area is 335 Å². The van der Waals surface area contributed by atoms with Crippen molar-refractivity contribution >= 4 is 29.6 Å². The monoisotopic (exact) mass is 774 g/mol. The van der Waals surface area contributed by atoms with Crippen LogP contribution in [0.1, 0.15) is 91.4 Å². The first-order valence-corrected chi connectivity index (χ1v) is 19.6. The highest BCUT2D eigenvalue weighted by Crippen LogP contribution is 2.27. The molecule has 57 heavy (non-hydrogen) atoms. The third-order valence-electron chi connectivity index (χ3n) is 10.5. The molecule has 2 atom stereocenters. The van der Waals surface area contributed by atoms with Crippen LogP contribution >= 0.6 is 0 Å². The van der Waals surface area contributed by atoms with E-state index in [1.165, 1.54) is 4.90 Å². The van der Waals surface area contributed by atoms with Gasteiger partial charge in [0, 0.05) is 55.9 Å². The van der Waals surface area contributed by atoms with Crippen LogP contribution in [0, 0.1) is 0 Å². The number of Topliss-reactive ketones (excluding diaryl/α,β-unsaturated/α-hetero) is 1. The maximum Gasteiger partial charge on any atom is 0.408 e. The molecule has 0 fully saturated rings. The second kappa shape index (κ2) is 19.8. The number of ether oxygens (including phenoxy) is 1. The molecular formula is C46H54N4O7. The van der Waals surface area contributed by atoms with Crippen molar-refractivity contribution in [1.82, 2.24) is 20.4 Å². The number of fused-ring (bicyclic) bond motifs is 1. The Kier molecular flexibility index (Phi) is 14.6. The van der Waals surface area contributed by atoms with E-state index >= 15 is 0 Å². The van der Waals surface area contributed by atoms with Gasteiger partial charge in [0.2, 0.25) is 17.7 Å². The number of nitrogens with one attached hydrogen (secondary N) is 2. The summed E-state index contributed by atoms with van der Waals surface area (Å²) in [6.07, 6.45) is 0.316. The van der Waals surface area contributed by atoms with E-state index in [9.17, 15) is 29.1 Å². The number of hydrogen-bond acceptors (Lipinski definition) is 6. The van der Waals surface area contributed by atoms with Gasteiger partial charge in [-0.25, -0.2) is 4.79 Å². The van der Waals surface area contributed by atoms with Gasteiger partial charge in [-0.1, -0.05) is 84.9 Å². The Morgan fingerprint density at radius 3 is 1.96 bits per heavy atom. The third-order valence-corrected chi connectivity index (χ3v) is 10.5. The van der Waals surface area contributed by atoms with Gasteiger partial charge in [-0.05, 0) is 86.6 Å². The van der Waals surface area contributed by atoms with E-state index in [0.717, 1.165) is 22.3 Å². The molecule has 1 aliphatic heterocycles. The molecule has 0 bridgehead atoms. The number of carbonyl (C=O) groups is 5. The molecule has 1 aliphatic rings. The summed E-state index contributed by atoms with van der Waals surface area (Å²) in [6.45, 7) is 6.12. The van der Waals surface area contributed by atoms with Crippen LogP contribution in [0.5, 0.6) is 5.75 Å². The van der Waals surface area contributed by atoms with Crippen molar-refractivity contribution in [2.75, 3.05) is 20.2 Å². The Bertz CT molecular complexity index is 1940. The number of amides is 4.